The summed E-state index contributed by atoms with van der Waals surface area (Å²) in [6.45, 7) is 0. The molecular weight excluding hydrogens is 346 g/mol. The molecule has 3 rings (SSSR count). The maximum absolute atomic E-state index is 13.0. The number of pyridine rings is 1. The number of hydrogen-bond acceptors (Lipinski definition) is 5. The summed E-state index contributed by atoms with van der Waals surface area (Å²) < 4.78 is 10.2. The van der Waals surface area contributed by atoms with Gasteiger partial charge < -0.3 is 19.0 Å². The number of amides is 2. The van der Waals surface area contributed by atoms with E-state index in [2.05, 4.69) is 4.98 Å². The normalized spacial score (nSPS) is 10.3. The molecule has 1 aromatic carbocycles. The van der Waals surface area contributed by atoms with Crippen molar-refractivity contribution in [3.05, 3.63) is 72.3 Å². The van der Waals surface area contributed by atoms with Crippen LogP contribution in [-0.4, -0.2) is 38.0 Å². The van der Waals surface area contributed by atoms with E-state index in [0.29, 0.717) is 22.8 Å². The lowest BCUT2D eigenvalue weighted by atomic mass is 10.1. The van der Waals surface area contributed by atoms with E-state index >= 15 is 0 Å². The lowest BCUT2D eigenvalue weighted by Gasteiger charge is -2.23. The standard InChI is InChI=1S/C20H19N3O4/c1-22(14-10-11-18(26-3)21-13-14)19(24)15-7-4-5-8-16(15)23(2)20(25)17-9-6-12-27-17/h4-13H,1-3H3. The second-order valence-electron chi connectivity index (χ2n) is 5.78. The molecule has 0 aliphatic rings. The Kier molecular flexibility index (Phi) is 5.21. The molecule has 0 atom stereocenters. The second-order valence-corrected chi connectivity index (χ2v) is 5.78. The molecule has 0 aliphatic carbocycles. The maximum atomic E-state index is 13.0. The molecule has 2 heterocycles. The fourth-order valence-electron chi connectivity index (χ4n) is 2.61. The molecular formula is C20H19N3O4. The van der Waals surface area contributed by atoms with Crippen molar-refractivity contribution < 1.29 is 18.7 Å². The van der Waals surface area contributed by atoms with E-state index in [0.717, 1.165) is 0 Å². The monoisotopic (exact) mass is 365 g/mol. The van der Waals surface area contributed by atoms with E-state index in [-0.39, 0.29) is 17.6 Å². The average Bonchev–Trinajstić information content (AvgIpc) is 3.26. The van der Waals surface area contributed by atoms with Crippen LogP contribution < -0.4 is 14.5 Å². The van der Waals surface area contributed by atoms with Gasteiger partial charge >= 0.3 is 0 Å². The summed E-state index contributed by atoms with van der Waals surface area (Å²) in [5, 5.41) is 0. The molecule has 0 radical (unpaired) electrons. The molecule has 27 heavy (non-hydrogen) atoms. The van der Waals surface area contributed by atoms with Crippen LogP contribution in [-0.2, 0) is 0 Å². The number of benzene rings is 1. The van der Waals surface area contributed by atoms with E-state index in [1.165, 1.54) is 23.2 Å². The first-order valence-corrected chi connectivity index (χ1v) is 8.21. The molecule has 0 unspecified atom stereocenters. The van der Waals surface area contributed by atoms with E-state index in [4.69, 9.17) is 9.15 Å². The van der Waals surface area contributed by atoms with Gasteiger partial charge in [-0.05, 0) is 30.3 Å². The van der Waals surface area contributed by atoms with Crippen LogP contribution in [0.25, 0.3) is 0 Å². The Balaban J connectivity index is 1.90. The van der Waals surface area contributed by atoms with E-state index in [9.17, 15) is 9.59 Å². The first-order valence-electron chi connectivity index (χ1n) is 8.21. The van der Waals surface area contributed by atoms with Gasteiger partial charge in [-0.15, -0.1) is 0 Å². The topological polar surface area (TPSA) is 75.9 Å². The summed E-state index contributed by atoms with van der Waals surface area (Å²) in [5.74, 6) is 0.0573. The van der Waals surface area contributed by atoms with Crippen LogP contribution in [0.3, 0.4) is 0 Å². The largest absolute Gasteiger partial charge is 0.481 e. The van der Waals surface area contributed by atoms with Crippen LogP contribution in [0.1, 0.15) is 20.9 Å². The fraction of sp³-hybridized carbons (Fsp3) is 0.150. The van der Waals surface area contributed by atoms with Gasteiger partial charge in [0, 0.05) is 20.2 Å². The van der Waals surface area contributed by atoms with Crippen LogP contribution in [0.2, 0.25) is 0 Å². The number of carbonyl (C=O) groups is 2. The summed E-state index contributed by atoms with van der Waals surface area (Å²) >= 11 is 0. The average molecular weight is 365 g/mol. The van der Waals surface area contributed by atoms with Gasteiger partial charge in [-0.3, -0.25) is 9.59 Å². The molecule has 7 nitrogen and oxygen atoms in total. The molecule has 2 amide bonds. The number of furan rings is 1. The molecule has 0 saturated carbocycles. The van der Waals surface area contributed by atoms with Gasteiger partial charge in [0.1, 0.15) is 0 Å². The van der Waals surface area contributed by atoms with E-state index in [1.807, 2.05) is 0 Å². The second kappa shape index (κ2) is 7.74. The number of methoxy groups -OCH3 is 1. The van der Waals surface area contributed by atoms with Gasteiger partial charge in [0.15, 0.2) is 5.76 Å². The minimum atomic E-state index is -0.339. The van der Waals surface area contributed by atoms with Crippen molar-refractivity contribution in [2.75, 3.05) is 31.0 Å². The van der Waals surface area contributed by atoms with E-state index < -0.39 is 0 Å². The zero-order chi connectivity index (χ0) is 19.4. The van der Waals surface area contributed by atoms with Gasteiger partial charge in [0.2, 0.25) is 5.88 Å². The quantitative estimate of drug-likeness (QED) is 0.694. The Morgan fingerprint density at radius 2 is 1.74 bits per heavy atom. The van der Waals surface area contributed by atoms with Crippen molar-refractivity contribution in [3.8, 4) is 5.88 Å². The summed E-state index contributed by atoms with van der Waals surface area (Å²) in [6.07, 6.45) is 2.99. The number of nitrogens with zero attached hydrogens (tertiary/aromatic N) is 3. The summed E-state index contributed by atoms with van der Waals surface area (Å²) in [7, 11) is 4.78. The highest BCUT2D eigenvalue weighted by atomic mass is 16.5. The van der Waals surface area contributed by atoms with Crippen LogP contribution in [0.5, 0.6) is 5.88 Å². The predicted octanol–water partition coefficient (Wildman–Crippen LogP) is 3.24. The SMILES string of the molecule is COc1ccc(N(C)C(=O)c2ccccc2N(C)C(=O)c2ccco2)cn1. The minimum Gasteiger partial charge on any atom is -0.481 e. The first-order chi connectivity index (χ1) is 13.0. The van der Waals surface area contributed by atoms with Crippen molar-refractivity contribution >= 4 is 23.2 Å². The Hall–Kier alpha value is -3.61. The molecule has 0 saturated heterocycles. The van der Waals surface area contributed by atoms with E-state index in [1.54, 1.807) is 68.8 Å². The molecule has 7 heteroatoms. The van der Waals surface area contributed by atoms with Crippen molar-refractivity contribution in [1.82, 2.24) is 4.98 Å². The van der Waals surface area contributed by atoms with Crippen molar-refractivity contribution in [1.29, 1.82) is 0 Å². The Morgan fingerprint density at radius 3 is 2.37 bits per heavy atom. The summed E-state index contributed by atoms with van der Waals surface area (Å²) in [6, 6.07) is 13.6. The number of rotatable bonds is 5. The third kappa shape index (κ3) is 3.67. The molecule has 0 aliphatic heterocycles. The lowest BCUT2D eigenvalue weighted by Crippen LogP contribution is -2.31. The minimum absolute atomic E-state index is 0.201. The molecule has 0 bridgehead atoms. The Morgan fingerprint density at radius 1 is 0.963 bits per heavy atom. The Bertz CT molecular complexity index is 936. The van der Waals surface area contributed by atoms with Crippen molar-refractivity contribution in [2.24, 2.45) is 0 Å². The molecule has 138 valence electrons. The summed E-state index contributed by atoms with van der Waals surface area (Å²) in [5.41, 5.74) is 1.48. The highest BCUT2D eigenvalue weighted by Gasteiger charge is 2.23. The predicted molar refractivity (Wildman–Crippen MR) is 101 cm³/mol. The van der Waals surface area contributed by atoms with Gasteiger partial charge in [0.25, 0.3) is 11.8 Å². The van der Waals surface area contributed by atoms with Crippen molar-refractivity contribution in [3.63, 3.8) is 0 Å². The maximum Gasteiger partial charge on any atom is 0.293 e. The Labute approximate surface area is 156 Å². The van der Waals surface area contributed by atoms with Gasteiger partial charge in [-0.2, -0.15) is 0 Å². The molecule has 3 aromatic rings. The number of aromatic nitrogens is 1. The van der Waals surface area contributed by atoms with Crippen LogP contribution >= 0.6 is 0 Å². The number of anilines is 2. The van der Waals surface area contributed by atoms with Crippen LogP contribution in [0, 0.1) is 0 Å². The third-order valence-electron chi connectivity index (χ3n) is 4.15. The first kappa shape index (κ1) is 18.2. The molecule has 0 fully saturated rings. The van der Waals surface area contributed by atoms with Crippen LogP contribution in [0.15, 0.2) is 65.4 Å². The zero-order valence-corrected chi connectivity index (χ0v) is 15.2. The smallest absolute Gasteiger partial charge is 0.293 e. The highest BCUT2D eigenvalue weighted by Crippen LogP contribution is 2.25. The number of hydrogen-bond donors (Lipinski definition) is 0. The zero-order valence-electron chi connectivity index (χ0n) is 15.2. The third-order valence-corrected chi connectivity index (χ3v) is 4.15. The number of para-hydroxylation sites is 1. The van der Waals surface area contributed by atoms with Crippen LogP contribution in [0.4, 0.5) is 11.4 Å². The fourth-order valence-corrected chi connectivity index (χ4v) is 2.61. The lowest BCUT2D eigenvalue weighted by molar-refractivity contribution is 0.0966. The summed E-state index contributed by atoms with van der Waals surface area (Å²) in [4.78, 5) is 32.6. The van der Waals surface area contributed by atoms with Gasteiger partial charge in [-0.25, -0.2) is 4.98 Å². The molecule has 0 N–H and O–H groups in total. The van der Waals surface area contributed by atoms with Gasteiger partial charge in [-0.1, -0.05) is 12.1 Å². The number of carbonyl (C=O) groups excluding carboxylic acids is 2. The van der Waals surface area contributed by atoms with Crippen molar-refractivity contribution in [2.45, 2.75) is 0 Å². The highest BCUT2D eigenvalue weighted by molar-refractivity contribution is 6.13. The molecule has 0 spiro atoms. The molecule has 2 aromatic heterocycles. The van der Waals surface area contributed by atoms with Gasteiger partial charge in [0.05, 0.1) is 36.5 Å². The number of ether oxygens (including phenoxy) is 1.